The number of guanidine groups is 1. The summed E-state index contributed by atoms with van der Waals surface area (Å²) in [6.07, 6.45) is 0.0776. The number of nitrogens with zero attached hydrogens (tertiary/aromatic N) is 1. The molecule has 1 aromatic carbocycles. The molecule has 0 aromatic heterocycles. The van der Waals surface area contributed by atoms with Gasteiger partial charge in [0.25, 0.3) is 5.91 Å². The van der Waals surface area contributed by atoms with E-state index in [1.54, 1.807) is 26.3 Å². The van der Waals surface area contributed by atoms with Crippen LogP contribution in [0, 0.1) is 5.41 Å². The molecule has 6 heteroatoms. The van der Waals surface area contributed by atoms with Crippen LogP contribution in [0.2, 0.25) is 0 Å². The lowest BCUT2D eigenvalue weighted by molar-refractivity contribution is 0.0205. The SMILES string of the molecule is CN=C(NCCNC(=O)c1ccccc1)NCC(OC)C(C)(C)C. The predicted molar refractivity (Wildman–Crippen MR) is 98.4 cm³/mol. The van der Waals surface area contributed by atoms with Crippen LogP contribution in [0.1, 0.15) is 31.1 Å². The molecule has 3 N–H and O–H groups in total. The monoisotopic (exact) mass is 334 g/mol. The van der Waals surface area contributed by atoms with E-state index < -0.39 is 0 Å². The molecule has 1 amide bonds. The van der Waals surface area contributed by atoms with Crippen molar-refractivity contribution in [1.82, 2.24) is 16.0 Å². The van der Waals surface area contributed by atoms with E-state index in [4.69, 9.17) is 4.74 Å². The molecule has 1 rings (SSSR count). The van der Waals surface area contributed by atoms with Gasteiger partial charge in [-0.3, -0.25) is 9.79 Å². The van der Waals surface area contributed by atoms with Gasteiger partial charge in [-0.25, -0.2) is 0 Å². The van der Waals surface area contributed by atoms with Crippen molar-refractivity contribution in [1.29, 1.82) is 0 Å². The van der Waals surface area contributed by atoms with E-state index in [9.17, 15) is 4.79 Å². The zero-order valence-electron chi connectivity index (χ0n) is 15.3. The Balaban J connectivity index is 2.31. The third kappa shape index (κ3) is 7.00. The number of nitrogens with one attached hydrogen (secondary N) is 3. The molecule has 0 aliphatic rings. The van der Waals surface area contributed by atoms with Gasteiger partial charge >= 0.3 is 0 Å². The second-order valence-electron chi connectivity index (χ2n) is 6.59. The maximum atomic E-state index is 11.9. The van der Waals surface area contributed by atoms with Gasteiger partial charge in [0.05, 0.1) is 6.10 Å². The summed E-state index contributed by atoms with van der Waals surface area (Å²) < 4.78 is 5.51. The number of methoxy groups -OCH3 is 1. The average molecular weight is 334 g/mol. The Bertz CT molecular complexity index is 524. The molecule has 0 radical (unpaired) electrons. The summed E-state index contributed by atoms with van der Waals surface area (Å²) in [7, 11) is 3.43. The van der Waals surface area contributed by atoms with Crippen molar-refractivity contribution in [2.45, 2.75) is 26.9 Å². The number of ether oxygens (including phenoxy) is 1. The molecule has 0 spiro atoms. The minimum Gasteiger partial charge on any atom is -0.379 e. The number of carbonyl (C=O) groups is 1. The highest BCUT2D eigenvalue weighted by atomic mass is 16.5. The molecule has 134 valence electrons. The van der Waals surface area contributed by atoms with Crippen LogP contribution in [0.15, 0.2) is 35.3 Å². The average Bonchev–Trinajstić information content (AvgIpc) is 2.56. The lowest BCUT2D eigenvalue weighted by Crippen LogP contribution is -2.46. The zero-order valence-corrected chi connectivity index (χ0v) is 15.3. The van der Waals surface area contributed by atoms with E-state index in [0.717, 1.165) is 0 Å². The van der Waals surface area contributed by atoms with Crippen LogP contribution in [0.4, 0.5) is 0 Å². The Hall–Kier alpha value is -2.08. The molecule has 1 aromatic rings. The first-order valence-corrected chi connectivity index (χ1v) is 8.19. The first-order chi connectivity index (χ1) is 11.4. The highest BCUT2D eigenvalue weighted by molar-refractivity contribution is 5.94. The summed E-state index contributed by atoms with van der Waals surface area (Å²) in [6.45, 7) is 8.18. The van der Waals surface area contributed by atoms with E-state index in [0.29, 0.717) is 31.2 Å². The van der Waals surface area contributed by atoms with Crippen LogP contribution in [0.3, 0.4) is 0 Å². The summed E-state index contributed by atoms with van der Waals surface area (Å²) in [4.78, 5) is 16.1. The van der Waals surface area contributed by atoms with Gasteiger partial charge in [-0.2, -0.15) is 0 Å². The first kappa shape index (κ1) is 20.0. The number of carbonyl (C=O) groups excluding carboxylic acids is 1. The zero-order chi connectivity index (χ0) is 18.0. The topological polar surface area (TPSA) is 74.8 Å². The number of amides is 1. The Kier molecular flexibility index (Phi) is 8.26. The molecular formula is C18H30N4O2. The quantitative estimate of drug-likeness (QED) is 0.403. The summed E-state index contributed by atoms with van der Waals surface area (Å²) in [6, 6.07) is 9.17. The maximum Gasteiger partial charge on any atom is 0.251 e. The maximum absolute atomic E-state index is 11.9. The largest absolute Gasteiger partial charge is 0.379 e. The Labute approximate surface area is 145 Å². The molecule has 1 unspecified atom stereocenters. The molecule has 0 saturated heterocycles. The highest BCUT2D eigenvalue weighted by Crippen LogP contribution is 2.20. The lowest BCUT2D eigenvalue weighted by Gasteiger charge is -2.30. The van der Waals surface area contributed by atoms with Crippen LogP contribution in [0.5, 0.6) is 0 Å². The molecule has 1 atom stereocenters. The fraction of sp³-hybridized carbons (Fsp3) is 0.556. The third-order valence-electron chi connectivity index (χ3n) is 3.67. The van der Waals surface area contributed by atoms with Crippen molar-refractivity contribution in [3.05, 3.63) is 35.9 Å². The van der Waals surface area contributed by atoms with Crippen molar-refractivity contribution in [2.24, 2.45) is 10.4 Å². The van der Waals surface area contributed by atoms with Gasteiger partial charge in [-0.15, -0.1) is 0 Å². The Morgan fingerprint density at radius 3 is 2.29 bits per heavy atom. The van der Waals surface area contributed by atoms with Crippen molar-refractivity contribution >= 4 is 11.9 Å². The second kappa shape index (κ2) is 9.93. The normalized spacial score (nSPS) is 13.3. The molecule has 0 aliphatic carbocycles. The number of hydrogen-bond acceptors (Lipinski definition) is 3. The fourth-order valence-corrected chi connectivity index (χ4v) is 2.20. The molecular weight excluding hydrogens is 304 g/mol. The third-order valence-corrected chi connectivity index (χ3v) is 3.67. The second-order valence-corrected chi connectivity index (χ2v) is 6.59. The van der Waals surface area contributed by atoms with Gasteiger partial charge in [-0.05, 0) is 17.5 Å². The van der Waals surface area contributed by atoms with Gasteiger partial charge < -0.3 is 20.7 Å². The minimum absolute atomic E-state index is 0.0459. The molecule has 0 heterocycles. The number of hydrogen-bond donors (Lipinski definition) is 3. The van der Waals surface area contributed by atoms with Crippen LogP contribution < -0.4 is 16.0 Å². The number of aliphatic imine (C=N–C) groups is 1. The van der Waals surface area contributed by atoms with Gasteiger partial charge in [0.2, 0.25) is 0 Å². The molecule has 6 nitrogen and oxygen atoms in total. The first-order valence-electron chi connectivity index (χ1n) is 8.19. The van der Waals surface area contributed by atoms with E-state index in [2.05, 4.69) is 41.7 Å². The molecule has 0 fully saturated rings. The van der Waals surface area contributed by atoms with Crippen LogP contribution in [-0.4, -0.2) is 51.8 Å². The summed E-state index contributed by atoms with van der Waals surface area (Å²) in [5, 5.41) is 9.29. The van der Waals surface area contributed by atoms with E-state index in [1.165, 1.54) is 0 Å². The smallest absolute Gasteiger partial charge is 0.251 e. The highest BCUT2D eigenvalue weighted by Gasteiger charge is 2.24. The molecule has 0 bridgehead atoms. The van der Waals surface area contributed by atoms with Crippen LogP contribution in [-0.2, 0) is 4.74 Å². The van der Waals surface area contributed by atoms with Crippen LogP contribution in [0.25, 0.3) is 0 Å². The van der Waals surface area contributed by atoms with Crippen molar-refractivity contribution in [3.8, 4) is 0 Å². The Morgan fingerprint density at radius 2 is 1.75 bits per heavy atom. The van der Waals surface area contributed by atoms with Gasteiger partial charge in [-0.1, -0.05) is 39.0 Å². The van der Waals surface area contributed by atoms with E-state index in [-0.39, 0.29) is 17.4 Å². The van der Waals surface area contributed by atoms with Gasteiger partial charge in [0.1, 0.15) is 0 Å². The predicted octanol–water partition coefficient (Wildman–Crippen LogP) is 1.64. The Morgan fingerprint density at radius 1 is 1.12 bits per heavy atom. The summed E-state index contributed by atoms with van der Waals surface area (Å²) >= 11 is 0. The fourth-order valence-electron chi connectivity index (χ4n) is 2.20. The van der Waals surface area contributed by atoms with Gasteiger partial charge in [0, 0.05) is 39.4 Å². The van der Waals surface area contributed by atoms with E-state index >= 15 is 0 Å². The van der Waals surface area contributed by atoms with E-state index in [1.807, 2.05) is 18.2 Å². The molecule has 24 heavy (non-hydrogen) atoms. The summed E-state index contributed by atoms with van der Waals surface area (Å²) in [5.74, 6) is 0.614. The standard InChI is InChI=1S/C18H30N4O2/c1-18(2,3)15(24-5)13-22-17(19-4)21-12-11-20-16(23)14-9-7-6-8-10-14/h6-10,15H,11-13H2,1-5H3,(H,20,23)(H2,19,21,22). The van der Waals surface area contributed by atoms with Crippen molar-refractivity contribution in [2.75, 3.05) is 33.8 Å². The number of rotatable bonds is 7. The van der Waals surface area contributed by atoms with Gasteiger partial charge in [0.15, 0.2) is 5.96 Å². The minimum atomic E-state index is -0.0764. The molecule has 0 aliphatic heterocycles. The number of benzene rings is 1. The lowest BCUT2D eigenvalue weighted by atomic mass is 9.89. The van der Waals surface area contributed by atoms with Crippen molar-refractivity contribution in [3.63, 3.8) is 0 Å². The van der Waals surface area contributed by atoms with Crippen molar-refractivity contribution < 1.29 is 9.53 Å². The summed E-state index contributed by atoms with van der Waals surface area (Å²) in [5.41, 5.74) is 0.706. The van der Waals surface area contributed by atoms with Crippen LogP contribution >= 0.6 is 0 Å². The molecule has 0 saturated carbocycles.